The first-order valence-electron chi connectivity index (χ1n) is 6.72. The molecule has 0 aliphatic carbocycles. The molecule has 0 saturated carbocycles. The zero-order chi connectivity index (χ0) is 15.7. The second-order valence-electron chi connectivity index (χ2n) is 4.66. The number of carbonyl (C=O) groups excluding carboxylic acids is 1. The van der Waals surface area contributed by atoms with Crippen LogP contribution in [0.15, 0.2) is 34.1 Å². The van der Waals surface area contributed by atoms with Gasteiger partial charge in [-0.15, -0.1) is 0 Å². The van der Waals surface area contributed by atoms with Crippen molar-refractivity contribution in [1.82, 2.24) is 19.3 Å². The zero-order valence-corrected chi connectivity index (χ0v) is 12.1. The Morgan fingerprint density at radius 2 is 2.27 bits per heavy atom. The Morgan fingerprint density at radius 3 is 3.05 bits per heavy atom. The highest BCUT2D eigenvalue weighted by molar-refractivity contribution is 5.90. The lowest BCUT2D eigenvalue weighted by Gasteiger charge is -2.05. The highest BCUT2D eigenvalue weighted by atomic mass is 16.5. The number of hydrogen-bond donors (Lipinski definition) is 0. The van der Waals surface area contributed by atoms with Gasteiger partial charge >= 0.3 is 5.97 Å². The Morgan fingerprint density at radius 1 is 1.45 bits per heavy atom. The average molecular weight is 302 g/mol. The smallest absolute Gasteiger partial charge is 0.341 e. The summed E-state index contributed by atoms with van der Waals surface area (Å²) in [5.41, 5.74) is 0.565. The second-order valence-corrected chi connectivity index (χ2v) is 4.66. The van der Waals surface area contributed by atoms with Crippen LogP contribution in [0.2, 0.25) is 0 Å². The largest absolute Gasteiger partial charge is 0.467 e. The van der Waals surface area contributed by atoms with Crippen molar-refractivity contribution in [2.75, 3.05) is 6.61 Å². The number of hydrogen-bond acceptors (Lipinski definition) is 6. The lowest BCUT2D eigenvalue weighted by Crippen LogP contribution is -2.21. The number of rotatable bonds is 4. The van der Waals surface area contributed by atoms with Gasteiger partial charge in [-0.25, -0.2) is 9.78 Å². The summed E-state index contributed by atoms with van der Waals surface area (Å²) in [5.74, 6) is -0.125. The number of ether oxygens (including phenoxy) is 1. The number of aromatic nitrogens is 4. The molecule has 0 spiro atoms. The molecule has 3 aromatic rings. The molecule has 3 rings (SSSR count). The van der Waals surface area contributed by atoms with Crippen LogP contribution in [0.3, 0.4) is 0 Å². The van der Waals surface area contributed by atoms with Crippen LogP contribution in [0.1, 0.15) is 23.0 Å². The first-order chi connectivity index (χ1) is 10.6. The van der Waals surface area contributed by atoms with Gasteiger partial charge in [0.1, 0.15) is 23.0 Å². The van der Waals surface area contributed by atoms with Crippen LogP contribution in [0.4, 0.5) is 0 Å². The molecule has 0 N–H and O–H groups in total. The fraction of sp³-hybridized carbons (Fsp3) is 0.286. The number of esters is 1. The minimum Gasteiger partial charge on any atom is -0.467 e. The molecule has 3 aromatic heterocycles. The third-order valence-corrected chi connectivity index (χ3v) is 3.27. The van der Waals surface area contributed by atoms with Gasteiger partial charge in [-0.2, -0.15) is 5.10 Å². The Bertz CT molecular complexity index is 890. The van der Waals surface area contributed by atoms with E-state index in [1.54, 1.807) is 14.0 Å². The standard InChI is InChI=1S/C14H14N4O4/c1-3-21-14(20)9-4-5-22-11(9)7-18-8-15-12-10(13(18)19)6-16-17(12)2/h4-6,8H,3,7H2,1-2H3. The van der Waals surface area contributed by atoms with Gasteiger partial charge in [0.05, 0.1) is 25.6 Å². The van der Waals surface area contributed by atoms with Crippen molar-refractivity contribution in [3.8, 4) is 0 Å². The number of carbonyl (C=O) groups is 1. The fourth-order valence-electron chi connectivity index (χ4n) is 2.19. The van der Waals surface area contributed by atoms with Gasteiger partial charge in [0.2, 0.25) is 0 Å². The Kier molecular flexibility index (Phi) is 3.50. The molecular weight excluding hydrogens is 288 g/mol. The van der Waals surface area contributed by atoms with E-state index in [9.17, 15) is 9.59 Å². The normalized spacial score (nSPS) is 11.0. The van der Waals surface area contributed by atoms with Crippen LogP contribution in [-0.2, 0) is 18.3 Å². The molecule has 8 heteroatoms. The van der Waals surface area contributed by atoms with E-state index in [1.165, 1.54) is 34.1 Å². The van der Waals surface area contributed by atoms with E-state index >= 15 is 0 Å². The van der Waals surface area contributed by atoms with Crippen LogP contribution in [0.25, 0.3) is 11.0 Å². The third kappa shape index (κ3) is 2.28. The number of furan rings is 1. The van der Waals surface area contributed by atoms with Gasteiger partial charge in [0, 0.05) is 7.05 Å². The van der Waals surface area contributed by atoms with Gasteiger partial charge < -0.3 is 9.15 Å². The van der Waals surface area contributed by atoms with Gasteiger partial charge in [0.25, 0.3) is 5.56 Å². The van der Waals surface area contributed by atoms with E-state index in [0.717, 1.165) is 0 Å². The molecule has 3 heterocycles. The minimum atomic E-state index is -0.477. The Labute approximate surface area is 124 Å². The van der Waals surface area contributed by atoms with Crippen molar-refractivity contribution >= 4 is 17.0 Å². The summed E-state index contributed by atoms with van der Waals surface area (Å²) in [6, 6.07) is 1.52. The SMILES string of the molecule is CCOC(=O)c1ccoc1Cn1cnc2c(cnn2C)c1=O. The molecule has 22 heavy (non-hydrogen) atoms. The Hall–Kier alpha value is -2.90. The molecule has 0 aliphatic heterocycles. The molecule has 0 radical (unpaired) electrons. The summed E-state index contributed by atoms with van der Waals surface area (Å²) in [7, 11) is 1.71. The quantitative estimate of drug-likeness (QED) is 0.666. The van der Waals surface area contributed by atoms with Crippen LogP contribution in [0.5, 0.6) is 0 Å². The molecule has 0 saturated heterocycles. The maximum Gasteiger partial charge on any atom is 0.341 e. The van der Waals surface area contributed by atoms with Gasteiger partial charge in [-0.05, 0) is 13.0 Å². The summed E-state index contributed by atoms with van der Waals surface area (Å²) in [5, 5.41) is 4.42. The summed E-state index contributed by atoms with van der Waals surface area (Å²) in [4.78, 5) is 28.4. The van der Waals surface area contributed by atoms with Crippen molar-refractivity contribution in [1.29, 1.82) is 0 Å². The summed E-state index contributed by atoms with van der Waals surface area (Å²) >= 11 is 0. The van der Waals surface area contributed by atoms with Gasteiger partial charge in [-0.1, -0.05) is 0 Å². The van der Waals surface area contributed by atoms with Crippen LogP contribution in [-0.4, -0.2) is 31.9 Å². The summed E-state index contributed by atoms with van der Waals surface area (Å²) in [6.07, 6.45) is 4.27. The summed E-state index contributed by atoms with van der Waals surface area (Å²) < 4.78 is 13.1. The predicted octanol–water partition coefficient (Wildman–Crippen LogP) is 0.948. The van der Waals surface area contributed by atoms with E-state index in [0.29, 0.717) is 22.4 Å². The lowest BCUT2D eigenvalue weighted by atomic mass is 10.2. The number of aryl methyl sites for hydroxylation is 1. The fourth-order valence-corrected chi connectivity index (χ4v) is 2.19. The Balaban J connectivity index is 1.98. The van der Waals surface area contributed by atoms with Crippen molar-refractivity contribution in [2.24, 2.45) is 7.05 Å². The first kappa shape index (κ1) is 14.1. The second kappa shape index (κ2) is 5.47. The third-order valence-electron chi connectivity index (χ3n) is 3.27. The first-order valence-corrected chi connectivity index (χ1v) is 6.72. The maximum absolute atomic E-state index is 12.4. The van der Waals surface area contributed by atoms with Crippen LogP contribution in [0, 0.1) is 0 Å². The van der Waals surface area contributed by atoms with Gasteiger partial charge in [0.15, 0.2) is 5.65 Å². The molecule has 0 bridgehead atoms. The summed E-state index contributed by atoms with van der Waals surface area (Å²) in [6.45, 7) is 2.09. The topological polar surface area (TPSA) is 92.2 Å². The van der Waals surface area contributed by atoms with Crippen molar-refractivity contribution in [2.45, 2.75) is 13.5 Å². The molecule has 0 aromatic carbocycles. The average Bonchev–Trinajstić information content (AvgIpc) is 3.10. The van der Waals surface area contributed by atoms with Crippen molar-refractivity contribution < 1.29 is 13.9 Å². The maximum atomic E-state index is 12.4. The molecule has 0 atom stereocenters. The van der Waals surface area contributed by atoms with E-state index in [4.69, 9.17) is 9.15 Å². The van der Waals surface area contributed by atoms with Crippen LogP contribution < -0.4 is 5.56 Å². The van der Waals surface area contributed by atoms with Crippen LogP contribution >= 0.6 is 0 Å². The van der Waals surface area contributed by atoms with Crippen molar-refractivity contribution in [3.05, 3.63) is 46.5 Å². The minimum absolute atomic E-state index is 0.0951. The monoisotopic (exact) mass is 302 g/mol. The predicted molar refractivity (Wildman–Crippen MR) is 76.5 cm³/mol. The van der Waals surface area contributed by atoms with Crippen molar-refractivity contribution in [3.63, 3.8) is 0 Å². The van der Waals surface area contributed by atoms with E-state index in [2.05, 4.69) is 10.1 Å². The van der Waals surface area contributed by atoms with Gasteiger partial charge in [-0.3, -0.25) is 14.0 Å². The van der Waals surface area contributed by atoms with E-state index in [-0.39, 0.29) is 18.7 Å². The molecular formula is C14H14N4O4. The molecule has 0 aliphatic rings. The van der Waals surface area contributed by atoms with E-state index in [1.807, 2.05) is 0 Å². The highest BCUT2D eigenvalue weighted by Crippen LogP contribution is 2.13. The molecule has 114 valence electrons. The highest BCUT2D eigenvalue weighted by Gasteiger charge is 2.17. The molecule has 0 amide bonds. The lowest BCUT2D eigenvalue weighted by molar-refractivity contribution is 0.0523. The van der Waals surface area contributed by atoms with E-state index < -0.39 is 5.97 Å². The number of fused-ring (bicyclic) bond motifs is 1. The molecule has 0 unspecified atom stereocenters. The molecule has 8 nitrogen and oxygen atoms in total. The zero-order valence-electron chi connectivity index (χ0n) is 12.1. The molecule has 0 fully saturated rings. The number of nitrogens with zero attached hydrogens (tertiary/aromatic N) is 4.